The molecule has 0 atom stereocenters. The average molecular weight is 341 g/mol. The van der Waals surface area contributed by atoms with Crippen molar-refractivity contribution >= 4 is 5.96 Å². The van der Waals surface area contributed by atoms with Crippen LogP contribution in [-0.2, 0) is 9.47 Å². The topological polar surface area (TPSA) is 72.1 Å². The lowest BCUT2D eigenvalue weighted by molar-refractivity contribution is 0.0376. The smallest absolute Gasteiger partial charge is 0.188 e. The molecule has 6 nitrogen and oxygen atoms in total. The van der Waals surface area contributed by atoms with Gasteiger partial charge >= 0.3 is 0 Å². The van der Waals surface area contributed by atoms with Gasteiger partial charge in [-0.05, 0) is 44.6 Å². The predicted octanol–water partition coefficient (Wildman–Crippen LogP) is 1.60. The molecule has 2 rings (SSSR count). The van der Waals surface area contributed by atoms with Gasteiger partial charge in [0.15, 0.2) is 5.96 Å². The number of morpholine rings is 1. The average Bonchev–Trinajstić information content (AvgIpc) is 3.07. The highest BCUT2D eigenvalue weighted by Crippen LogP contribution is 2.41. The molecular weight excluding hydrogens is 304 g/mol. The van der Waals surface area contributed by atoms with Gasteiger partial charge in [0.1, 0.15) is 0 Å². The van der Waals surface area contributed by atoms with Crippen molar-refractivity contribution in [1.29, 1.82) is 0 Å². The number of aliphatic imine (C=N–C) groups is 1. The van der Waals surface area contributed by atoms with Gasteiger partial charge in [-0.3, -0.25) is 9.89 Å². The molecule has 0 aromatic heterocycles. The van der Waals surface area contributed by atoms with Gasteiger partial charge < -0.3 is 20.5 Å². The monoisotopic (exact) mass is 340 g/mol. The van der Waals surface area contributed by atoms with E-state index in [0.717, 1.165) is 72.0 Å². The number of nitrogens with one attached hydrogen (secondary N) is 1. The first kappa shape index (κ1) is 19.5. The molecule has 6 heteroatoms. The Hall–Kier alpha value is -0.850. The van der Waals surface area contributed by atoms with Crippen LogP contribution < -0.4 is 11.1 Å². The zero-order valence-electron chi connectivity index (χ0n) is 15.4. The highest BCUT2D eigenvalue weighted by atomic mass is 16.5. The van der Waals surface area contributed by atoms with Gasteiger partial charge in [-0.1, -0.05) is 12.8 Å². The van der Waals surface area contributed by atoms with Gasteiger partial charge in [0.25, 0.3) is 0 Å². The molecule has 1 heterocycles. The van der Waals surface area contributed by atoms with E-state index in [1.165, 1.54) is 25.7 Å². The first-order valence-electron chi connectivity index (χ1n) is 9.66. The van der Waals surface area contributed by atoms with Crippen LogP contribution in [0.15, 0.2) is 4.99 Å². The Bertz CT molecular complexity index is 364. The number of hydrogen-bond donors (Lipinski definition) is 2. The first-order valence-corrected chi connectivity index (χ1v) is 9.66. The Morgan fingerprint density at radius 1 is 1.29 bits per heavy atom. The van der Waals surface area contributed by atoms with Gasteiger partial charge in [0.05, 0.1) is 13.2 Å². The van der Waals surface area contributed by atoms with Crippen LogP contribution in [0.3, 0.4) is 0 Å². The lowest BCUT2D eigenvalue weighted by Crippen LogP contribution is -2.39. The van der Waals surface area contributed by atoms with Crippen molar-refractivity contribution in [2.45, 2.75) is 45.4 Å². The summed E-state index contributed by atoms with van der Waals surface area (Å²) in [6.07, 6.45) is 7.34. The Morgan fingerprint density at radius 2 is 2.04 bits per heavy atom. The summed E-state index contributed by atoms with van der Waals surface area (Å²) in [6.45, 7) is 10.3. The van der Waals surface area contributed by atoms with E-state index in [-0.39, 0.29) is 0 Å². The SMILES string of the molecule is CCOCCC1(CN=C(N)NCCCN2CCOCC2)CCCC1. The molecule has 24 heavy (non-hydrogen) atoms. The van der Waals surface area contributed by atoms with Gasteiger partial charge in [0, 0.05) is 39.4 Å². The molecule has 140 valence electrons. The Labute approximate surface area is 147 Å². The second-order valence-electron chi connectivity index (χ2n) is 7.09. The lowest BCUT2D eigenvalue weighted by Gasteiger charge is -2.27. The normalized spacial score (nSPS) is 22.0. The molecule has 0 unspecified atom stereocenters. The van der Waals surface area contributed by atoms with Crippen LogP contribution >= 0.6 is 0 Å². The summed E-state index contributed by atoms with van der Waals surface area (Å²) in [5.74, 6) is 0.597. The molecule has 0 aromatic carbocycles. The third-order valence-corrected chi connectivity index (χ3v) is 5.29. The Morgan fingerprint density at radius 3 is 2.75 bits per heavy atom. The van der Waals surface area contributed by atoms with E-state index in [4.69, 9.17) is 15.2 Å². The van der Waals surface area contributed by atoms with Crippen LogP contribution in [0.2, 0.25) is 0 Å². The molecule has 1 saturated heterocycles. The minimum atomic E-state index is 0.315. The van der Waals surface area contributed by atoms with Crippen molar-refractivity contribution in [2.75, 3.05) is 59.2 Å². The van der Waals surface area contributed by atoms with E-state index >= 15 is 0 Å². The molecular formula is C18H36N4O2. The van der Waals surface area contributed by atoms with Crippen molar-refractivity contribution in [3.05, 3.63) is 0 Å². The maximum atomic E-state index is 6.06. The highest BCUT2D eigenvalue weighted by molar-refractivity contribution is 5.77. The first-order chi connectivity index (χ1) is 11.7. The summed E-state index contributed by atoms with van der Waals surface area (Å²) in [4.78, 5) is 7.08. The van der Waals surface area contributed by atoms with Crippen LogP contribution in [0.1, 0.15) is 45.4 Å². The molecule has 1 saturated carbocycles. The third-order valence-electron chi connectivity index (χ3n) is 5.29. The summed E-state index contributed by atoms with van der Waals surface area (Å²) in [5, 5.41) is 3.27. The number of rotatable bonds is 10. The van der Waals surface area contributed by atoms with Crippen molar-refractivity contribution in [1.82, 2.24) is 10.2 Å². The minimum absolute atomic E-state index is 0.315. The summed E-state index contributed by atoms with van der Waals surface area (Å²) >= 11 is 0. The van der Waals surface area contributed by atoms with Crippen LogP contribution in [-0.4, -0.2) is 70.0 Å². The Kier molecular flexibility index (Phi) is 8.84. The molecule has 1 aliphatic carbocycles. The maximum Gasteiger partial charge on any atom is 0.188 e. The fraction of sp³-hybridized carbons (Fsp3) is 0.944. The quantitative estimate of drug-likeness (QED) is 0.359. The summed E-state index contributed by atoms with van der Waals surface area (Å²) in [7, 11) is 0. The maximum absolute atomic E-state index is 6.06. The summed E-state index contributed by atoms with van der Waals surface area (Å²) in [6, 6.07) is 0. The summed E-state index contributed by atoms with van der Waals surface area (Å²) < 4.78 is 10.9. The van der Waals surface area contributed by atoms with Gasteiger partial charge in [-0.2, -0.15) is 0 Å². The molecule has 0 radical (unpaired) electrons. The van der Waals surface area contributed by atoms with Crippen LogP contribution in [0.5, 0.6) is 0 Å². The van der Waals surface area contributed by atoms with Crippen LogP contribution in [0, 0.1) is 5.41 Å². The minimum Gasteiger partial charge on any atom is -0.382 e. The molecule has 0 amide bonds. The molecule has 3 N–H and O–H groups in total. The summed E-state index contributed by atoms with van der Waals surface area (Å²) in [5.41, 5.74) is 6.37. The van der Waals surface area contributed by atoms with E-state index in [2.05, 4.69) is 22.1 Å². The van der Waals surface area contributed by atoms with E-state index in [9.17, 15) is 0 Å². The van der Waals surface area contributed by atoms with Crippen molar-refractivity contribution in [3.8, 4) is 0 Å². The molecule has 0 spiro atoms. The molecule has 1 aliphatic heterocycles. The zero-order chi connectivity index (χ0) is 17.1. The predicted molar refractivity (Wildman–Crippen MR) is 98.4 cm³/mol. The number of nitrogens with zero attached hydrogens (tertiary/aromatic N) is 2. The number of ether oxygens (including phenoxy) is 2. The fourth-order valence-electron chi connectivity index (χ4n) is 3.70. The second kappa shape index (κ2) is 10.9. The van der Waals surface area contributed by atoms with Crippen LogP contribution in [0.25, 0.3) is 0 Å². The van der Waals surface area contributed by atoms with E-state index < -0.39 is 0 Å². The van der Waals surface area contributed by atoms with E-state index in [0.29, 0.717) is 11.4 Å². The largest absolute Gasteiger partial charge is 0.382 e. The van der Waals surface area contributed by atoms with Gasteiger partial charge in [-0.15, -0.1) is 0 Å². The Balaban J connectivity index is 1.63. The third kappa shape index (κ3) is 6.95. The molecule has 2 aliphatic rings. The fourth-order valence-corrected chi connectivity index (χ4v) is 3.70. The molecule has 2 fully saturated rings. The second-order valence-corrected chi connectivity index (χ2v) is 7.09. The number of hydrogen-bond acceptors (Lipinski definition) is 4. The number of nitrogens with two attached hydrogens (primary N) is 1. The lowest BCUT2D eigenvalue weighted by atomic mass is 9.83. The number of guanidine groups is 1. The molecule has 0 bridgehead atoms. The standard InChI is InChI=1S/C18H36N4O2/c1-2-23-13-8-18(6-3-4-7-18)16-21-17(19)20-9-5-10-22-11-14-24-15-12-22/h2-16H2,1H3,(H3,19,20,21). The van der Waals surface area contributed by atoms with Gasteiger partial charge in [-0.25, -0.2) is 0 Å². The van der Waals surface area contributed by atoms with Crippen LogP contribution in [0.4, 0.5) is 0 Å². The van der Waals surface area contributed by atoms with Crippen molar-refractivity contribution in [3.63, 3.8) is 0 Å². The van der Waals surface area contributed by atoms with Crippen molar-refractivity contribution in [2.24, 2.45) is 16.1 Å². The zero-order valence-corrected chi connectivity index (χ0v) is 15.4. The van der Waals surface area contributed by atoms with E-state index in [1.807, 2.05) is 0 Å². The molecule has 0 aromatic rings. The van der Waals surface area contributed by atoms with Crippen molar-refractivity contribution < 1.29 is 9.47 Å². The highest BCUT2D eigenvalue weighted by Gasteiger charge is 2.33. The van der Waals surface area contributed by atoms with Gasteiger partial charge in [0.2, 0.25) is 0 Å². The van der Waals surface area contributed by atoms with E-state index in [1.54, 1.807) is 0 Å².